The van der Waals surface area contributed by atoms with E-state index in [9.17, 15) is 0 Å². The van der Waals surface area contributed by atoms with Crippen molar-refractivity contribution < 1.29 is 0 Å². The molecule has 0 aromatic carbocycles. The molecule has 16 heavy (non-hydrogen) atoms. The topological polar surface area (TPSA) is 21.1 Å². The Kier molecular flexibility index (Phi) is 5.35. The van der Waals surface area contributed by atoms with E-state index in [0.29, 0.717) is 11.8 Å². The minimum absolute atomic E-state index is 0.657. The highest BCUT2D eigenvalue weighted by Crippen LogP contribution is 2.14. The van der Waals surface area contributed by atoms with Crippen LogP contribution in [0.2, 0.25) is 0 Å². The lowest BCUT2D eigenvalue weighted by atomic mass is 9.97. The summed E-state index contributed by atoms with van der Waals surface area (Å²) in [6.45, 7) is 6.58. The summed E-state index contributed by atoms with van der Waals surface area (Å²) >= 11 is 4.42. The van der Waals surface area contributed by atoms with Gasteiger partial charge in [0.15, 0.2) is 0 Å². The fraction of sp³-hybridized carbons (Fsp3) is 0.750. The van der Waals surface area contributed by atoms with Crippen molar-refractivity contribution in [2.75, 3.05) is 19.3 Å². The van der Waals surface area contributed by atoms with Crippen molar-refractivity contribution in [2.24, 2.45) is 18.9 Å². The number of thiol groups is 1. The Hall–Kier alpha value is -0.480. The van der Waals surface area contributed by atoms with Gasteiger partial charge in [-0.25, -0.2) is 0 Å². The molecular formula is C12H23N3S. The van der Waals surface area contributed by atoms with Gasteiger partial charge in [0.2, 0.25) is 0 Å². The molecular weight excluding hydrogens is 218 g/mol. The van der Waals surface area contributed by atoms with Crippen LogP contribution in [0.15, 0.2) is 12.4 Å². The van der Waals surface area contributed by atoms with Crippen molar-refractivity contribution in [1.82, 2.24) is 14.7 Å². The molecule has 0 bridgehead atoms. The Bertz CT molecular complexity index is 309. The fourth-order valence-corrected chi connectivity index (χ4v) is 2.35. The van der Waals surface area contributed by atoms with Crippen molar-refractivity contribution in [2.45, 2.75) is 20.4 Å². The van der Waals surface area contributed by atoms with Crippen molar-refractivity contribution >= 4 is 12.6 Å². The molecule has 1 atom stereocenters. The van der Waals surface area contributed by atoms with E-state index in [4.69, 9.17) is 0 Å². The number of aromatic nitrogens is 2. The second kappa shape index (κ2) is 6.30. The van der Waals surface area contributed by atoms with Crippen molar-refractivity contribution in [1.29, 1.82) is 0 Å². The summed E-state index contributed by atoms with van der Waals surface area (Å²) in [4.78, 5) is 2.35. The minimum Gasteiger partial charge on any atom is -0.302 e. The molecule has 0 aliphatic rings. The molecule has 0 aliphatic carbocycles. The first-order valence-corrected chi connectivity index (χ1v) is 6.43. The Morgan fingerprint density at radius 1 is 1.50 bits per heavy atom. The van der Waals surface area contributed by atoms with Crippen LogP contribution in [0.5, 0.6) is 0 Å². The molecule has 0 radical (unpaired) electrons. The van der Waals surface area contributed by atoms with Crippen molar-refractivity contribution in [3.05, 3.63) is 18.0 Å². The lowest BCUT2D eigenvalue weighted by Gasteiger charge is -2.25. The molecule has 1 aromatic rings. The monoisotopic (exact) mass is 241 g/mol. The third-order valence-corrected chi connectivity index (χ3v) is 3.40. The van der Waals surface area contributed by atoms with Crippen LogP contribution in [0, 0.1) is 11.8 Å². The smallest absolute Gasteiger partial charge is 0.0534 e. The molecule has 0 aliphatic heterocycles. The molecule has 0 saturated heterocycles. The van der Waals surface area contributed by atoms with Gasteiger partial charge in [-0.2, -0.15) is 17.7 Å². The average Bonchev–Trinajstić information content (AvgIpc) is 2.60. The normalized spacial score (nSPS) is 13.7. The zero-order valence-corrected chi connectivity index (χ0v) is 11.6. The molecule has 92 valence electrons. The molecule has 4 heteroatoms. The maximum atomic E-state index is 4.42. The first-order chi connectivity index (χ1) is 7.52. The Labute approximate surface area is 104 Å². The standard InChI is InChI=1S/C12H23N3S/c1-10(2)12(9-16)8-14(3)6-11-5-13-15(4)7-11/h5,7,10,12,16H,6,8-9H2,1-4H3. The molecule has 1 rings (SSSR count). The predicted molar refractivity (Wildman–Crippen MR) is 71.7 cm³/mol. The Morgan fingerprint density at radius 3 is 2.62 bits per heavy atom. The van der Waals surface area contributed by atoms with Crippen LogP contribution in [-0.2, 0) is 13.6 Å². The number of aryl methyl sites for hydroxylation is 1. The van der Waals surface area contributed by atoms with Crippen LogP contribution < -0.4 is 0 Å². The fourth-order valence-electron chi connectivity index (χ4n) is 1.81. The highest BCUT2D eigenvalue weighted by molar-refractivity contribution is 7.80. The van der Waals surface area contributed by atoms with Crippen LogP contribution in [0.1, 0.15) is 19.4 Å². The van der Waals surface area contributed by atoms with Gasteiger partial charge in [0, 0.05) is 31.9 Å². The summed E-state index contributed by atoms with van der Waals surface area (Å²) in [5, 5.41) is 4.18. The maximum absolute atomic E-state index is 4.42. The third-order valence-electron chi connectivity index (χ3n) is 2.93. The lowest BCUT2D eigenvalue weighted by Crippen LogP contribution is -2.29. The van der Waals surface area contributed by atoms with E-state index in [-0.39, 0.29) is 0 Å². The zero-order chi connectivity index (χ0) is 12.1. The SMILES string of the molecule is CC(C)C(CS)CN(C)Cc1cnn(C)c1. The molecule has 0 N–H and O–H groups in total. The molecule has 0 fully saturated rings. The minimum atomic E-state index is 0.657. The van der Waals surface area contributed by atoms with Gasteiger partial charge in [-0.05, 0) is 24.6 Å². The molecule has 1 aromatic heterocycles. The molecule has 0 saturated carbocycles. The number of hydrogen-bond acceptors (Lipinski definition) is 3. The maximum Gasteiger partial charge on any atom is 0.0534 e. The molecule has 1 heterocycles. The average molecular weight is 241 g/mol. The van der Waals surface area contributed by atoms with E-state index < -0.39 is 0 Å². The van der Waals surface area contributed by atoms with Crippen LogP contribution in [-0.4, -0.2) is 34.0 Å². The van der Waals surface area contributed by atoms with E-state index in [1.807, 2.05) is 17.9 Å². The summed E-state index contributed by atoms with van der Waals surface area (Å²) in [5.41, 5.74) is 1.27. The lowest BCUT2D eigenvalue weighted by molar-refractivity contribution is 0.246. The molecule has 3 nitrogen and oxygen atoms in total. The molecule has 1 unspecified atom stereocenters. The number of nitrogens with zero attached hydrogens (tertiary/aromatic N) is 3. The summed E-state index contributed by atoms with van der Waals surface area (Å²) in [5.74, 6) is 2.30. The summed E-state index contributed by atoms with van der Waals surface area (Å²) in [6.07, 6.45) is 4.00. The van der Waals surface area contributed by atoms with E-state index in [2.05, 4.69) is 49.7 Å². The second-order valence-corrected chi connectivity index (χ2v) is 5.27. The predicted octanol–water partition coefficient (Wildman–Crippen LogP) is 2.05. The van der Waals surface area contributed by atoms with E-state index in [1.54, 1.807) is 0 Å². The van der Waals surface area contributed by atoms with Crippen molar-refractivity contribution in [3.8, 4) is 0 Å². The summed E-state index contributed by atoms with van der Waals surface area (Å²) in [7, 11) is 4.11. The van der Waals surface area contributed by atoms with Crippen molar-refractivity contribution in [3.63, 3.8) is 0 Å². The van der Waals surface area contributed by atoms with E-state index in [1.165, 1.54) is 5.56 Å². The summed E-state index contributed by atoms with van der Waals surface area (Å²) in [6, 6.07) is 0. The van der Waals surface area contributed by atoms with Gasteiger partial charge in [0.05, 0.1) is 6.20 Å². The Balaban J connectivity index is 2.43. The van der Waals surface area contributed by atoms with E-state index >= 15 is 0 Å². The van der Waals surface area contributed by atoms with Crippen LogP contribution in [0.3, 0.4) is 0 Å². The largest absolute Gasteiger partial charge is 0.302 e. The molecule has 0 amide bonds. The quantitative estimate of drug-likeness (QED) is 0.770. The second-order valence-electron chi connectivity index (χ2n) is 4.91. The zero-order valence-electron chi connectivity index (χ0n) is 10.7. The highest BCUT2D eigenvalue weighted by atomic mass is 32.1. The van der Waals surface area contributed by atoms with Gasteiger partial charge >= 0.3 is 0 Å². The number of rotatable bonds is 6. The molecule has 0 spiro atoms. The van der Waals surface area contributed by atoms with Crippen LogP contribution >= 0.6 is 12.6 Å². The third kappa shape index (κ3) is 4.18. The van der Waals surface area contributed by atoms with E-state index in [0.717, 1.165) is 18.8 Å². The Morgan fingerprint density at radius 2 is 2.19 bits per heavy atom. The van der Waals surface area contributed by atoms with Crippen LogP contribution in [0.4, 0.5) is 0 Å². The van der Waals surface area contributed by atoms with Gasteiger partial charge in [-0.1, -0.05) is 13.8 Å². The highest BCUT2D eigenvalue weighted by Gasteiger charge is 2.14. The van der Waals surface area contributed by atoms with Crippen LogP contribution in [0.25, 0.3) is 0 Å². The van der Waals surface area contributed by atoms with Gasteiger partial charge < -0.3 is 4.90 Å². The van der Waals surface area contributed by atoms with Gasteiger partial charge in [0.1, 0.15) is 0 Å². The first-order valence-electron chi connectivity index (χ1n) is 5.79. The summed E-state index contributed by atoms with van der Waals surface area (Å²) < 4.78 is 1.85. The van der Waals surface area contributed by atoms with Gasteiger partial charge in [-0.3, -0.25) is 4.68 Å². The van der Waals surface area contributed by atoms with Gasteiger partial charge in [0.25, 0.3) is 0 Å². The number of hydrogen-bond donors (Lipinski definition) is 1. The first kappa shape index (κ1) is 13.6. The van der Waals surface area contributed by atoms with Gasteiger partial charge in [-0.15, -0.1) is 0 Å².